The van der Waals surface area contributed by atoms with Crippen LogP contribution in [0.15, 0.2) is 66.9 Å². The number of aromatic nitrogens is 2. The maximum atomic E-state index is 5.86. The van der Waals surface area contributed by atoms with Crippen LogP contribution in [0.4, 0.5) is 11.6 Å². The summed E-state index contributed by atoms with van der Waals surface area (Å²) >= 11 is 0. The molecule has 1 aliphatic rings. The number of hydrogen-bond acceptors (Lipinski definition) is 6. The lowest BCUT2D eigenvalue weighted by Crippen LogP contribution is -2.17. The van der Waals surface area contributed by atoms with E-state index in [2.05, 4.69) is 52.6 Å². The minimum atomic E-state index is 0.470. The largest absolute Gasteiger partial charge is 0.496 e. The van der Waals surface area contributed by atoms with Crippen molar-refractivity contribution in [3.8, 4) is 17.0 Å². The number of fused-ring (bicyclic) bond motifs is 7. The molecule has 4 rings (SSSR count). The Labute approximate surface area is 177 Å². The number of likely N-dealkylation sites (N-methyl/N-ethyl adjacent to an activating group) is 1. The summed E-state index contributed by atoms with van der Waals surface area (Å²) in [5, 5.41) is 3.33. The summed E-state index contributed by atoms with van der Waals surface area (Å²) in [6.45, 7) is 2.73. The predicted octanol–water partition coefficient (Wildman–Crippen LogP) is 4.41. The van der Waals surface area contributed by atoms with E-state index in [1.807, 2.05) is 30.3 Å². The maximum absolute atomic E-state index is 5.86. The number of nitrogens with zero attached hydrogens (tertiary/aromatic N) is 3. The first kappa shape index (κ1) is 20.1. The van der Waals surface area contributed by atoms with Crippen LogP contribution in [0, 0.1) is 0 Å². The summed E-state index contributed by atoms with van der Waals surface area (Å²) < 4.78 is 11.4. The lowest BCUT2D eigenvalue weighted by atomic mass is 10.1. The Balaban J connectivity index is 1.70. The first-order chi connectivity index (χ1) is 14.7. The molecular weight excluding hydrogens is 376 g/mol. The zero-order valence-corrected chi connectivity index (χ0v) is 17.3. The van der Waals surface area contributed by atoms with E-state index in [1.165, 1.54) is 5.56 Å². The quantitative estimate of drug-likeness (QED) is 0.609. The normalized spacial score (nSPS) is 16.1. The highest BCUT2D eigenvalue weighted by molar-refractivity contribution is 5.64. The molecule has 6 nitrogen and oxygen atoms in total. The van der Waals surface area contributed by atoms with E-state index in [-0.39, 0.29) is 0 Å². The van der Waals surface area contributed by atoms with Gasteiger partial charge in [0.1, 0.15) is 5.75 Å². The van der Waals surface area contributed by atoms with Gasteiger partial charge in [0.05, 0.1) is 26.0 Å². The predicted molar refractivity (Wildman–Crippen MR) is 119 cm³/mol. The van der Waals surface area contributed by atoms with Gasteiger partial charge >= 0.3 is 0 Å². The molecule has 0 atom stereocenters. The molecule has 30 heavy (non-hydrogen) atoms. The van der Waals surface area contributed by atoms with E-state index >= 15 is 0 Å². The molecule has 6 heteroatoms. The fourth-order valence-corrected chi connectivity index (χ4v) is 3.44. The van der Waals surface area contributed by atoms with E-state index in [9.17, 15) is 0 Å². The smallest absolute Gasteiger partial charge is 0.227 e. The second kappa shape index (κ2) is 9.52. The standard InChI is InChI=1S/C24H26N4O2/c1-28-12-3-4-13-30-17-20-15-19(8-9-23(20)29-2)22-10-11-25-24(27-22)26-21-7-5-6-18(14-21)16-28/h3-11,14-15H,12-13,16-17H2,1-2H3,(H,25,26,27)/b4-3+. The van der Waals surface area contributed by atoms with Crippen LogP contribution in [0.2, 0.25) is 0 Å². The van der Waals surface area contributed by atoms with Gasteiger partial charge in [-0.2, -0.15) is 0 Å². The summed E-state index contributed by atoms with van der Waals surface area (Å²) in [5.74, 6) is 1.37. The summed E-state index contributed by atoms with van der Waals surface area (Å²) in [5.41, 5.74) is 5.02. The number of hydrogen-bond donors (Lipinski definition) is 1. The minimum Gasteiger partial charge on any atom is -0.496 e. The van der Waals surface area contributed by atoms with Crippen LogP contribution in [0.3, 0.4) is 0 Å². The SMILES string of the molecule is COc1ccc2cc1COC/C=C/CN(C)Cc1cccc(c1)Nc1nccc-2n1. The van der Waals surface area contributed by atoms with E-state index in [0.29, 0.717) is 19.2 Å². The van der Waals surface area contributed by atoms with E-state index in [0.717, 1.165) is 41.3 Å². The third kappa shape index (κ3) is 5.03. The van der Waals surface area contributed by atoms with Gasteiger partial charge in [-0.25, -0.2) is 9.97 Å². The van der Waals surface area contributed by atoms with Crippen LogP contribution in [0.1, 0.15) is 11.1 Å². The molecule has 0 spiro atoms. The van der Waals surface area contributed by atoms with Gasteiger partial charge in [-0.15, -0.1) is 0 Å². The Kier molecular flexibility index (Phi) is 6.37. The van der Waals surface area contributed by atoms with Gasteiger partial charge in [-0.3, -0.25) is 4.90 Å². The lowest BCUT2D eigenvalue weighted by Gasteiger charge is -2.16. The van der Waals surface area contributed by atoms with Crippen molar-refractivity contribution >= 4 is 11.6 Å². The third-order valence-electron chi connectivity index (χ3n) is 4.92. The van der Waals surface area contributed by atoms with E-state index in [1.54, 1.807) is 13.3 Å². The summed E-state index contributed by atoms with van der Waals surface area (Å²) in [4.78, 5) is 11.4. The van der Waals surface area contributed by atoms with Crippen LogP contribution >= 0.6 is 0 Å². The average molecular weight is 402 g/mol. The van der Waals surface area contributed by atoms with Crippen molar-refractivity contribution in [1.29, 1.82) is 0 Å². The summed E-state index contributed by atoms with van der Waals surface area (Å²) in [7, 11) is 3.78. The number of methoxy groups -OCH3 is 1. The van der Waals surface area contributed by atoms with Crippen molar-refractivity contribution in [2.24, 2.45) is 0 Å². The molecule has 0 radical (unpaired) electrons. The minimum absolute atomic E-state index is 0.470. The van der Waals surface area contributed by atoms with Gasteiger partial charge in [0.25, 0.3) is 0 Å². The highest BCUT2D eigenvalue weighted by Gasteiger charge is 2.09. The highest BCUT2D eigenvalue weighted by atomic mass is 16.5. The molecular formula is C24H26N4O2. The number of rotatable bonds is 1. The maximum Gasteiger partial charge on any atom is 0.227 e. The third-order valence-corrected chi connectivity index (χ3v) is 4.92. The molecule has 1 aromatic heterocycles. The Morgan fingerprint density at radius 1 is 1.10 bits per heavy atom. The molecule has 1 aliphatic heterocycles. The van der Waals surface area contributed by atoms with Crippen LogP contribution in [0.25, 0.3) is 11.3 Å². The Hall–Kier alpha value is -3.22. The molecule has 0 aliphatic carbocycles. The molecule has 0 fully saturated rings. The zero-order valence-electron chi connectivity index (χ0n) is 17.3. The Bertz CT molecular complexity index is 1040. The van der Waals surface area contributed by atoms with Crippen LogP contribution < -0.4 is 10.1 Å². The number of nitrogens with one attached hydrogen (secondary N) is 1. The van der Waals surface area contributed by atoms with Crippen molar-refractivity contribution in [3.05, 3.63) is 78.0 Å². The summed E-state index contributed by atoms with van der Waals surface area (Å²) in [6.07, 6.45) is 5.97. The highest BCUT2D eigenvalue weighted by Crippen LogP contribution is 2.27. The lowest BCUT2D eigenvalue weighted by molar-refractivity contribution is 0.146. The average Bonchev–Trinajstić information content (AvgIpc) is 2.76. The zero-order chi connectivity index (χ0) is 20.8. The molecule has 2 heterocycles. The Morgan fingerprint density at radius 2 is 2.03 bits per heavy atom. The van der Waals surface area contributed by atoms with Crippen molar-refractivity contribution in [3.63, 3.8) is 0 Å². The molecule has 0 amide bonds. The molecule has 3 aromatic rings. The van der Waals surface area contributed by atoms with Crippen molar-refractivity contribution < 1.29 is 9.47 Å². The van der Waals surface area contributed by atoms with E-state index < -0.39 is 0 Å². The molecule has 1 N–H and O–H groups in total. The fourth-order valence-electron chi connectivity index (χ4n) is 3.44. The summed E-state index contributed by atoms with van der Waals surface area (Å²) in [6, 6.07) is 16.3. The number of anilines is 2. The van der Waals surface area contributed by atoms with Crippen molar-refractivity contribution in [2.75, 3.05) is 32.6 Å². The van der Waals surface area contributed by atoms with Gasteiger partial charge in [0.15, 0.2) is 0 Å². The Morgan fingerprint density at radius 3 is 2.93 bits per heavy atom. The number of ether oxygens (including phenoxy) is 2. The molecule has 0 unspecified atom stereocenters. The van der Waals surface area contributed by atoms with Crippen LogP contribution in [-0.4, -0.2) is 42.2 Å². The molecule has 6 bridgehead atoms. The van der Waals surface area contributed by atoms with Gasteiger partial charge in [0.2, 0.25) is 5.95 Å². The van der Waals surface area contributed by atoms with Gasteiger partial charge in [-0.1, -0.05) is 24.3 Å². The van der Waals surface area contributed by atoms with Crippen LogP contribution in [-0.2, 0) is 17.9 Å². The second-order valence-electron chi connectivity index (χ2n) is 7.30. The van der Waals surface area contributed by atoms with Crippen LogP contribution in [0.5, 0.6) is 5.75 Å². The molecule has 0 saturated heterocycles. The monoisotopic (exact) mass is 402 g/mol. The van der Waals surface area contributed by atoms with Gasteiger partial charge in [-0.05, 0) is 49.0 Å². The first-order valence-corrected chi connectivity index (χ1v) is 9.99. The van der Waals surface area contributed by atoms with Crippen molar-refractivity contribution in [1.82, 2.24) is 14.9 Å². The molecule has 0 saturated carbocycles. The number of benzene rings is 2. The fraction of sp³-hybridized carbons (Fsp3) is 0.250. The molecule has 2 aromatic carbocycles. The van der Waals surface area contributed by atoms with Gasteiger partial charge < -0.3 is 14.8 Å². The second-order valence-corrected chi connectivity index (χ2v) is 7.30. The van der Waals surface area contributed by atoms with Crippen molar-refractivity contribution in [2.45, 2.75) is 13.2 Å². The van der Waals surface area contributed by atoms with Gasteiger partial charge in [0, 0.05) is 36.1 Å². The topological polar surface area (TPSA) is 59.5 Å². The van der Waals surface area contributed by atoms with E-state index in [4.69, 9.17) is 14.5 Å². The first-order valence-electron chi connectivity index (χ1n) is 9.99. The molecule has 154 valence electrons.